The summed E-state index contributed by atoms with van der Waals surface area (Å²) in [6.07, 6.45) is 1.07. The summed E-state index contributed by atoms with van der Waals surface area (Å²) in [5.41, 5.74) is 3.81. The Kier molecular flexibility index (Phi) is 7.31. The van der Waals surface area contributed by atoms with Gasteiger partial charge < -0.3 is 5.32 Å². The Hall–Kier alpha value is -2.46. The van der Waals surface area contributed by atoms with Crippen LogP contribution in [-0.4, -0.2) is 17.7 Å². The molecule has 0 spiro atoms. The maximum Gasteiger partial charge on any atom is 0.241 e. The van der Waals surface area contributed by atoms with E-state index in [2.05, 4.69) is 55.7 Å². The van der Waals surface area contributed by atoms with Gasteiger partial charge >= 0.3 is 0 Å². The first-order valence-electron chi connectivity index (χ1n) is 9.53. The van der Waals surface area contributed by atoms with Crippen LogP contribution in [0.15, 0.2) is 48.5 Å². The maximum absolute atomic E-state index is 12.4. The van der Waals surface area contributed by atoms with Crippen molar-refractivity contribution in [2.24, 2.45) is 5.92 Å². The SMILES string of the molecule is CC(=O)c1ccc(NC(=O)[C@@H](C)N[C@@H](C)c2ccc(CC(C)C)cc2)cc1. The maximum atomic E-state index is 12.4. The Bertz CT molecular complexity index is 764. The molecule has 2 N–H and O–H groups in total. The minimum Gasteiger partial charge on any atom is -0.325 e. The second kappa shape index (κ2) is 9.47. The van der Waals surface area contributed by atoms with Crippen LogP contribution in [0.2, 0.25) is 0 Å². The van der Waals surface area contributed by atoms with Gasteiger partial charge in [-0.3, -0.25) is 14.9 Å². The van der Waals surface area contributed by atoms with E-state index in [-0.39, 0.29) is 23.8 Å². The summed E-state index contributed by atoms with van der Waals surface area (Å²) in [5, 5.41) is 6.22. The van der Waals surface area contributed by atoms with Crippen LogP contribution >= 0.6 is 0 Å². The third-order valence-corrected chi connectivity index (χ3v) is 4.58. The number of anilines is 1. The number of ketones is 1. The topological polar surface area (TPSA) is 58.2 Å². The van der Waals surface area contributed by atoms with E-state index < -0.39 is 0 Å². The highest BCUT2D eigenvalue weighted by molar-refractivity contribution is 5.96. The minimum atomic E-state index is -0.345. The largest absolute Gasteiger partial charge is 0.325 e. The van der Waals surface area contributed by atoms with Gasteiger partial charge in [0.1, 0.15) is 0 Å². The number of hydrogen-bond acceptors (Lipinski definition) is 3. The summed E-state index contributed by atoms with van der Waals surface area (Å²) < 4.78 is 0. The van der Waals surface area contributed by atoms with Crippen molar-refractivity contribution in [3.63, 3.8) is 0 Å². The molecule has 0 radical (unpaired) electrons. The van der Waals surface area contributed by atoms with Gasteiger partial charge in [-0.25, -0.2) is 0 Å². The number of Topliss-reactive ketones (excluding diaryl/α,β-unsaturated/α-hetero) is 1. The van der Waals surface area contributed by atoms with Crippen LogP contribution in [-0.2, 0) is 11.2 Å². The van der Waals surface area contributed by atoms with Gasteiger partial charge in [-0.2, -0.15) is 0 Å². The Morgan fingerprint density at radius 3 is 2.00 bits per heavy atom. The molecule has 0 aliphatic carbocycles. The molecule has 144 valence electrons. The number of carbonyl (C=O) groups excluding carboxylic acids is 2. The van der Waals surface area contributed by atoms with Gasteiger partial charge in [-0.15, -0.1) is 0 Å². The molecule has 0 aromatic heterocycles. The summed E-state index contributed by atoms with van der Waals surface area (Å²) in [6, 6.07) is 15.2. The molecule has 0 aliphatic rings. The summed E-state index contributed by atoms with van der Waals surface area (Å²) >= 11 is 0. The Morgan fingerprint density at radius 2 is 1.48 bits per heavy atom. The third kappa shape index (κ3) is 6.33. The highest BCUT2D eigenvalue weighted by Crippen LogP contribution is 2.17. The molecule has 1 amide bonds. The van der Waals surface area contributed by atoms with E-state index in [0.29, 0.717) is 17.2 Å². The zero-order valence-electron chi connectivity index (χ0n) is 16.9. The van der Waals surface area contributed by atoms with Gasteiger partial charge in [0.15, 0.2) is 5.78 Å². The zero-order valence-corrected chi connectivity index (χ0v) is 16.9. The van der Waals surface area contributed by atoms with Crippen LogP contribution in [0.25, 0.3) is 0 Å². The van der Waals surface area contributed by atoms with E-state index in [1.807, 2.05) is 6.92 Å². The highest BCUT2D eigenvalue weighted by Gasteiger charge is 2.16. The van der Waals surface area contributed by atoms with Crippen molar-refractivity contribution in [2.45, 2.75) is 53.1 Å². The molecule has 4 heteroatoms. The molecule has 27 heavy (non-hydrogen) atoms. The molecule has 0 unspecified atom stereocenters. The molecule has 2 atom stereocenters. The molecule has 4 nitrogen and oxygen atoms in total. The molecule has 0 bridgehead atoms. The Labute approximate surface area is 162 Å². The average Bonchev–Trinajstić information content (AvgIpc) is 2.62. The van der Waals surface area contributed by atoms with Gasteiger partial charge in [0, 0.05) is 17.3 Å². The third-order valence-electron chi connectivity index (χ3n) is 4.58. The minimum absolute atomic E-state index is 0.0103. The van der Waals surface area contributed by atoms with Gasteiger partial charge in [-0.05, 0) is 68.5 Å². The second-order valence-corrected chi connectivity index (χ2v) is 7.57. The number of benzene rings is 2. The number of rotatable bonds is 8. The summed E-state index contributed by atoms with van der Waals surface area (Å²) in [4.78, 5) is 23.8. The van der Waals surface area contributed by atoms with Gasteiger partial charge in [-0.1, -0.05) is 38.1 Å². The smallest absolute Gasteiger partial charge is 0.241 e. The summed E-state index contributed by atoms with van der Waals surface area (Å²) in [7, 11) is 0. The number of hydrogen-bond donors (Lipinski definition) is 2. The standard InChI is InChI=1S/C23H30N2O2/c1-15(2)14-19-6-8-20(9-7-19)16(3)24-17(4)23(27)25-22-12-10-21(11-13-22)18(5)26/h6-13,15-17,24H,14H2,1-5H3,(H,25,27)/t16-,17+/m0/s1. The van der Waals surface area contributed by atoms with Crippen molar-refractivity contribution in [3.8, 4) is 0 Å². The molecule has 0 heterocycles. The molecule has 0 saturated carbocycles. The zero-order chi connectivity index (χ0) is 20.0. The molecule has 2 aromatic rings. The fourth-order valence-corrected chi connectivity index (χ4v) is 3.00. The van der Waals surface area contributed by atoms with E-state index >= 15 is 0 Å². The highest BCUT2D eigenvalue weighted by atomic mass is 16.2. The van der Waals surface area contributed by atoms with Crippen molar-refractivity contribution in [1.29, 1.82) is 0 Å². The van der Waals surface area contributed by atoms with Crippen LogP contribution < -0.4 is 10.6 Å². The molecular formula is C23H30N2O2. The predicted octanol–water partition coefficient (Wildman–Crippen LogP) is 4.77. The van der Waals surface area contributed by atoms with Crippen molar-refractivity contribution in [3.05, 3.63) is 65.2 Å². The first-order valence-corrected chi connectivity index (χ1v) is 9.53. The van der Waals surface area contributed by atoms with Crippen molar-refractivity contribution in [2.75, 3.05) is 5.32 Å². The molecule has 0 saturated heterocycles. The fraction of sp³-hybridized carbons (Fsp3) is 0.391. The Balaban J connectivity index is 1.91. The van der Waals surface area contributed by atoms with Gasteiger partial charge in [0.05, 0.1) is 6.04 Å². The number of nitrogens with one attached hydrogen (secondary N) is 2. The average molecular weight is 367 g/mol. The molecule has 2 rings (SSSR count). The first-order chi connectivity index (χ1) is 12.8. The van der Waals surface area contributed by atoms with Crippen molar-refractivity contribution in [1.82, 2.24) is 5.32 Å². The predicted molar refractivity (Wildman–Crippen MR) is 111 cm³/mol. The lowest BCUT2D eigenvalue weighted by Crippen LogP contribution is -2.39. The normalized spacial score (nSPS) is 13.3. The van der Waals surface area contributed by atoms with E-state index in [1.165, 1.54) is 12.5 Å². The van der Waals surface area contributed by atoms with E-state index in [9.17, 15) is 9.59 Å². The molecule has 0 fully saturated rings. The van der Waals surface area contributed by atoms with Crippen LogP contribution in [0.1, 0.15) is 62.1 Å². The molecule has 2 aromatic carbocycles. The van der Waals surface area contributed by atoms with Gasteiger partial charge in [0.2, 0.25) is 5.91 Å². The summed E-state index contributed by atoms with van der Waals surface area (Å²) in [5.74, 6) is 0.546. The fourth-order valence-electron chi connectivity index (χ4n) is 3.00. The van der Waals surface area contributed by atoms with Crippen LogP contribution in [0.4, 0.5) is 5.69 Å². The summed E-state index contributed by atoms with van der Waals surface area (Å²) in [6.45, 7) is 9.86. The van der Waals surface area contributed by atoms with E-state index in [0.717, 1.165) is 12.0 Å². The monoisotopic (exact) mass is 366 g/mol. The van der Waals surface area contributed by atoms with Crippen LogP contribution in [0.3, 0.4) is 0 Å². The quantitative estimate of drug-likeness (QED) is 0.662. The van der Waals surface area contributed by atoms with E-state index in [1.54, 1.807) is 24.3 Å². The lowest BCUT2D eigenvalue weighted by molar-refractivity contribution is -0.117. The van der Waals surface area contributed by atoms with Crippen molar-refractivity contribution >= 4 is 17.4 Å². The number of carbonyl (C=O) groups is 2. The van der Waals surface area contributed by atoms with Crippen LogP contribution in [0.5, 0.6) is 0 Å². The molecular weight excluding hydrogens is 336 g/mol. The van der Waals surface area contributed by atoms with Gasteiger partial charge in [0.25, 0.3) is 0 Å². The van der Waals surface area contributed by atoms with Crippen LogP contribution in [0, 0.1) is 5.92 Å². The molecule has 0 aliphatic heterocycles. The first kappa shape index (κ1) is 20.8. The number of amides is 1. The van der Waals surface area contributed by atoms with Crippen molar-refractivity contribution < 1.29 is 9.59 Å². The Morgan fingerprint density at radius 1 is 0.889 bits per heavy atom. The van der Waals surface area contributed by atoms with E-state index in [4.69, 9.17) is 0 Å². The lowest BCUT2D eigenvalue weighted by Gasteiger charge is -2.20. The lowest BCUT2D eigenvalue weighted by atomic mass is 9.99. The second-order valence-electron chi connectivity index (χ2n) is 7.57.